The van der Waals surface area contributed by atoms with Gasteiger partial charge in [-0.05, 0) is 48.5 Å². The minimum Gasteiger partial charge on any atom is -0.436 e. The number of oxazole rings is 1. The summed E-state index contributed by atoms with van der Waals surface area (Å²) in [6.07, 6.45) is 0. The number of fused-ring (bicyclic) bond motifs is 1. The van der Waals surface area contributed by atoms with Crippen molar-refractivity contribution in [3.05, 3.63) is 82.7 Å². The van der Waals surface area contributed by atoms with Crippen molar-refractivity contribution in [3.63, 3.8) is 0 Å². The van der Waals surface area contributed by atoms with Gasteiger partial charge in [-0.25, -0.2) is 9.37 Å². The Morgan fingerprint density at radius 2 is 1.81 bits per heavy atom. The van der Waals surface area contributed by atoms with Crippen molar-refractivity contribution < 1.29 is 13.7 Å². The third-order valence-electron chi connectivity index (χ3n) is 3.86. The zero-order valence-corrected chi connectivity index (χ0v) is 13.3. The highest BCUT2D eigenvalue weighted by atomic mass is 19.1. The van der Waals surface area contributed by atoms with Gasteiger partial charge in [0.1, 0.15) is 17.0 Å². The van der Waals surface area contributed by atoms with Crippen LogP contribution in [-0.4, -0.2) is 9.91 Å². The molecule has 1 heterocycles. The van der Waals surface area contributed by atoms with E-state index < -0.39 is 4.92 Å². The number of rotatable bonds is 4. The Hall–Kier alpha value is -3.74. The first-order chi connectivity index (χ1) is 12.6. The summed E-state index contributed by atoms with van der Waals surface area (Å²) in [6, 6.07) is 17.5. The van der Waals surface area contributed by atoms with Crippen LogP contribution < -0.4 is 5.32 Å². The molecule has 1 aromatic heterocycles. The normalized spacial score (nSPS) is 10.8. The topological polar surface area (TPSA) is 81.2 Å². The number of nitrogens with zero attached hydrogens (tertiary/aromatic N) is 2. The van der Waals surface area contributed by atoms with E-state index >= 15 is 0 Å². The molecule has 0 saturated carbocycles. The summed E-state index contributed by atoms with van der Waals surface area (Å²) < 4.78 is 18.7. The molecule has 1 N–H and O–H groups in total. The monoisotopic (exact) mass is 349 g/mol. The Balaban J connectivity index is 1.73. The minimum atomic E-state index is -0.488. The predicted octanol–water partition coefficient (Wildman–Crippen LogP) is 5.29. The van der Waals surface area contributed by atoms with Gasteiger partial charge < -0.3 is 9.73 Å². The molecule has 128 valence electrons. The number of anilines is 2. The molecule has 0 atom stereocenters. The van der Waals surface area contributed by atoms with Crippen molar-refractivity contribution in [1.82, 2.24) is 4.98 Å². The van der Waals surface area contributed by atoms with Gasteiger partial charge in [-0.1, -0.05) is 12.1 Å². The quantitative estimate of drug-likeness (QED) is 0.400. The zero-order chi connectivity index (χ0) is 18.1. The van der Waals surface area contributed by atoms with E-state index in [1.165, 1.54) is 30.3 Å². The number of hydrogen-bond donors (Lipinski definition) is 1. The van der Waals surface area contributed by atoms with Gasteiger partial charge in [-0.15, -0.1) is 0 Å². The Kier molecular flexibility index (Phi) is 3.81. The molecule has 4 rings (SSSR count). The van der Waals surface area contributed by atoms with Crippen LogP contribution in [0.2, 0.25) is 0 Å². The van der Waals surface area contributed by atoms with Crippen LogP contribution in [0.15, 0.2) is 71.1 Å². The van der Waals surface area contributed by atoms with Gasteiger partial charge in [0.15, 0.2) is 5.58 Å². The molecule has 3 aromatic carbocycles. The van der Waals surface area contributed by atoms with Crippen LogP contribution in [0.1, 0.15) is 0 Å². The standard InChI is InChI=1S/C19H12FN3O3/c20-13-6-8-14(9-7-13)21-15-10-5-12(11-17(15)23(24)25)19-22-16-3-1-2-4-18(16)26-19/h1-11,21H. The van der Waals surface area contributed by atoms with E-state index in [0.717, 1.165) is 0 Å². The van der Waals surface area contributed by atoms with Crippen LogP contribution in [0.5, 0.6) is 0 Å². The van der Waals surface area contributed by atoms with Gasteiger partial charge in [-0.2, -0.15) is 0 Å². The lowest BCUT2D eigenvalue weighted by atomic mass is 10.1. The van der Waals surface area contributed by atoms with Gasteiger partial charge in [-0.3, -0.25) is 10.1 Å². The largest absolute Gasteiger partial charge is 0.436 e. The summed E-state index contributed by atoms with van der Waals surface area (Å²) in [7, 11) is 0. The number of halogens is 1. The fraction of sp³-hybridized carbons (Fsp3) is 0. The third-order valence-corrected chi connectivity index (χ3v) is 3.86. The van der Waals surface area contributed by atoms with E-state index in [1.54, 1.807) is 24.3 Å². The van der Waals surface area contributed by atoms with E-state index in [4.69, 9.17) is 4.42 Å². The molecular formula is C19H12FN3O3. The molecule has 0 bridgehead atoms. The maximum absolute atomic E-state index is 13.0. The molecule has 0 amide bonds. The van der Waals surface area contributed by atoms with Crippen molar-refractivity contribution in [2.75, 3.05) is 5.32 Å². The van der Waals surface area contributed by atoms with Crippen LogP contribution in [0.25, 0.3) is 22.6 Å². The van der Waals surface area contributed by atoms with Crippen molar-refractivity contribution >= 4 is 28.2 Å². The highest BCUT2D eigenvalue weighted by Gasteiger charge is 2.18. The molecule has 0 aliphatic carbocycles. The second kappa shape index (κ2) is 6.29. The number of nitro groups is 1. The van der Waals surface area contributed by atoms with E-state index in [9.17, 15) is 14.5 Å². The summed E-state index contributed by atoms with van der Waals surface area (Å²) in [5.74, 6) is -0.0704. The van der Waals surface area contributed by atoms with Gasteiger partial charge in [0.05, 0.1) is 4.92 Å². The van der Waals surface area contributed by atoms with E-state index in [-0.39, 0.29) is 11.5 Å². The van der Waals surface area contributed by atoms with Crippen LogP contribution in [0.3, 0.4) is 0 Å². The smallest absolute Gasteiger partial charge is 0.293 e. The summed E-state index contributed by atoms with van der Waals surface area (Å²) in [5.41, 5.74) is 2.49. The van der Waals surface area contributed by atoms with Crippen LogP contribution in [0, 0.1) is 15.9 Å². The lowest BCUT2D eigenvalue weighted by Crippen LogP contribution is -1.97. The second-order valence-corrected chi connectivity index (χ2v) is 5.61. The number of benzene rings is 3. The Bertz CT molecular complexity index is 1070. The van der Waals surface area contributed by atoms with E-state index in [2.05, 4.69) is 10.3 Å². The SMILES string of the molecule is O=[N+]([O-])c1cc(-c2nc3ccccc3o2)ccc1Nc1ccc(F)cc1. The first kappa shape index (κ1) is 15.8. The minimum absolute atomic E-state index is 0.130. The summed E-state index contributed by atoms with van der Waals surface area (Å²) in [5, 5.41) is 14.4. The van der Waals surface area contributed by atoms with Crippen molar-refractivity contribution in [1.29, 1.82) is 0 Å². The Labute approximate surface area is 147 Å². The maximum Gasteiger partial charge on any atom is 0.293 e. The Morgan fingerprint density at radius 3 is 2.54 bits per heavy atom. The fourth-order valence-electron chi connectivity index (χ4n) is 2.61. The molecule has 0 spiro atoms. The van der Waals surface area contributed by atoms with Gasteiger partial charge >= 0.3 is 0 Å². The molecule has 0 aliphatic heterocycles. The molecule has 0 aliphatic rings. The second-order valence-electron chi connectivity index (χ2n) is 5.61. The maximum atomic E-state index is 13.0. The molecule has 26 heavy (non-hydrogen) atoms. The summed E-state index contributed by atoms with van der Waals surface area (Å²) in [6.45, 7) is 0. The van der Waals surface area contributed by atoms with Crippen LogP contribution in [-0.2, 0) is 0 Å². The molecule has 0 fully saturated rings. The average molecular weight is 349 g/mol. The molecule has 6 nitrogen and oxygen atoms in total. The predicted molar refractivity (Wildman–Crippen MR) is 95.8 cm³/mol. The number of para-hydroxylation sites is 2. The number of nitro benzene ring substituents is 1. The highest BCUT2D eigenvalue weighted by Crippen LogP contribution is 2.33. The average Bonchev–Trinajstić information content (AvgIpc) is 3.08. The fourth-order valence-corrected chi connectivity index (χ4v) is 2.61. The lowest BCUT2D eigenvalue weighted by Gasteiger charge is -2.08. The van der Waals surface area contributed by atoms with E-state index in [1.807, 2.05) is 12.1 Å². The first-order valence-corrected chi connectivity index (χ1v) is 7.77. The third kappa shape index (κ3) is 2.98. The first-order valence-electron chi connectivity index (χ1n) is 7.77. The number of hydrogen-bond acceptors (Lipinski definition) is 5. The van der Waals surface area contributed by atoms with Gasteiger partial charge in [0.25, 0.3) is 5.69 Å². The number of nitrogens with one attached hydrogen (secondary N) is 1. The molecule has 0 saturated heterocycles. The number of aromatic nitrogens is 1. The summed E-state index contributed by atoms with van der Waals surface area (Å²) >= 11 is 0. The zero-order valence-electron chi connectivity index (χ0n) is 13.3. The van der Waals surface area contributed by atoms with Gasteiger partial charge in [0, 0.05) is 17.3 Å². The highest BCUT2D eigenvalue weighted by molar-refractivity contribution is 5.78. The Morgan fingerprint density at radius 1 is 1.04 bits per heavy atom. The van der Waals surface area contributed by atoms with Crippen LogP contribution >= 0.6 is 0 Å². The lowest BCUT2D eigenvalue weighted by molar-refractivity contribution is -0.383. The van der Waals surface area contributed by atoms with Crippen molar-refractivity contribution in [2.24, 2.45) is 0 Å². The van der Waals surface area contributed by atoms with Crippen LogP contribution in [0.4, 0.5) is 21.5 Å². The molecular weight excluding hydrogens is 337 g/mol. The molecule has 7 heteroatoms. The van der Waals surface area contributed by atoms with Crippen molar-refractivity contribution in [3.8, 4) is 11.5 Å². The molecule has 0 radical (unpaired) electrons. The molecule has 4 aromatic rings. The summed E-state index contributed by atoms with van der Waals surface area (Å²) in [4.78, 5) is 15.3. The van der Waals surface area contributed by atoms with E-state index in [0.29, 0.717) is 33.9 Å². The molecule has 0 unspecified atom stereocenters. The van der Waals surface area contributed by atoms with Gasteiger partial charge in [0.2, 0.25) is 5.89 Å². The van der Waals surface area contributed by atoms with Crippen molar-refractivity contribution in [2.45, 2.75) is 0 Å².